The van der Waals surface area contributed by atoms with E-state index in [4.69, 9.17) is 4.42 Å². The molecule has 2 aromatic rings. The predicted octanol–water partition coefficient (Wildman–Crippen LogP) is 4.52. The van der Waals surface area contributed by atoms with Gasteiger partial charge in [0.1, 0.15) is 11.3 Å². The highest BCUT2D eigenvalue weighted by molar-refractivity contribution is 5.75. The summed E-state index contributed by atoms with van der Waals surface area (Å²) in [6, 6.07) is 5.02. The molecule has 3 nitrogen and oxygen atoms in total. The molecule has 0 saturated heterocycles. The molecule has 1 heterocycles. The van der Waals surface area contributed by atoms with Crippen molar-refractivity contribution >= 4 is 17.2 Å². The molecule has 0 radical (unpaired) electrons. The third-order valence-corrected chi connectivity index (χ3v) is 4.05. The van der Waals surface area contributed by atoms with Crippen LogP contribution in [0.5, 0.6) is 5.75 Å². The van der Waals surface area contributed by atoms with Crippen LogP contribution in [0.1, 0.15) is 45.4 Å². The lowest BCUT2D eigenvalue weighted by Gasteiger charge is -2.32. The summed E-state index contributed by atoms with van der Waals surface area (Å²) in [6.07, 6.45) is 6.97. The molecule has 1 aromatic carbocycles. The minimum Gasteiger partial charge on any atom is -0.508 e. The number of oxazole rings is 1. The summed E-state index contributed by atoms with van der Waals surface area (Å²) in [5, 5.41) is 9.44. The number of phenols is 1. The third kappa shape index (κ3) is 2.37. The van der Waals surface area contributed by atoms with Crippen LogP contribution in [0.15, 0.2) is 28.2 Å². The summed E-state index contributed by atoms with van der Waals surface area (Å²) in [6.45, 7) is 4.57. The largest absolute Gasteiger partial charge is 0.508 e. The van der Waals surface area contributed by atoms with Crippen LogP contribution in [0, 0.1) is 5.41 Å². The lowest BCUT2D eigenvalue weighted by Crippen LogP contribution is -2.18. The molecule has 1 fully saturated rings. The van der Waals surface area contributed by atoms with Crippen LogP contribution in [0.4, 0.5) is 0 Å². The number of benzene rings is 1. The van der Waals surface area contributed by atoms with Crippen molar-refractivity contribution in [3.63, 3.8) is 0 Å². The Hall–Kier alpha value is -1.77. The van der Waals surface area contributed by atoms with Crippen LogP contribution in [0.3, 0.4) is 0 Å². The molecule has 0 bridgehead atoms. The fourth-order valence-electron chi connectivity index (χ4n) is 2.79. The first-order valence-corrected chi connectivity index (χ1v) is 6.85. The summed E-state index contributed by atoms with van der Waals surface area (Å²) < 4.78 is 5.70. The van der Waals surface area contributed by atoms with Gasteiger partial charge in [-0.25, -0.2) is 4.98 Å². The van der Waals surface area contributed by atoms with Crippen molar-refractivity contribution in [2.24, 2.45) is 5.41 Å². The maximum absolute atomic E-state index is 9.44. The number of hydrogen-bond acceptors (Lipinski definition) is 3. The van der Waals surface area contributed by atoms with Crippen molar-refractivity contribution in [2.45, 2.75) is 39.5 Å². The fourth-order valence-corrected chi connectivity index (χ4v) is 2.79. The van der Waals surface area contributed by atoms with E-state index >= 15 is 0 Å². The van der Waals surface area contributed by atoms with Crippen molar-refractivity contribution in [3.8, 4) is 5.75 Å². The highest BCUT2D eigenvalue weighted by Gasteiger charge is 2.26. The molecule has 100 valence electrons. The molecular formula is C16H19NO2. The lowest BCUT2D eigenvalue weighted by molar-refractivity contribution is 0.338. The van der Waals surface area contributed by atoms with Crippen molar-refractivity contribution < 1.29 is 9.52 Å². The summed E-state index contributed by atoms with van der Waals surface area (Å²) >= 11 is 0. The molecule has 19 heavy (non-hydrogen) atoms. The molecule has 0 aliphatic heterocycles. The number of nitrogens with zero attached hydrogens (tertiary/aromatic N) is 1. The fraction of sp³-hybridized carbons (Fsp3) is 0.438. The van der Waals surface area contributed by atoms with Gasteiger partial charge in [0.25, 0.3) is 0 Å². The smallest absolute Gasteiger partial charge is 0.219 e. The Morgan fingerprint density at radius 2 is 2.16 bits per heavy atom. The van der Waals surface area contributed by atoms with Gasteiger partial charge in [0, 0.05) is 12.1 Å². The highest BCUT2D eigenvalue weighted by atomic mass is 16.3. The van der Waals surface area contributed by atoms with Gasteiger partial charge in [0.2, 0.25) is 5.89 Å². The summed E-state index contributed by atoms with van der Waals surface area (Å²) in [5.41, 5.74) is 3.08. The first kappa shape index (κ1) is 12.3. The Bertz CT molecular complexity index is 637. The van der Waals surface area contributed by atoms with Crippen LogP contribution in [-0.2, 0) is 0 Å². The normalized spacial score (nSPS) is 21.1. The Morgan fingerprint density at radius 1 is 1.32 bits per heavy atom. The second-order valence-electron chi connectivity index (χ2n) is 5.96. The molecular weight excluding hydrogens is 238 g/mol. The monoisotopic (exact) mass is 257 g/mol. The van der Waals surface area contributed by atoms with Crippen LogP contribution in [0.2, 0.25) is 0 Å². The van der Waals surface area contributed by atoms with Gasteiger partial charge >= 0.3 is 0 Å². The first-order valence-electron chi connectivity index (χ1n) is 6.85. The highest BCUT2D eigenvalue weighted by Crippen LogP contribution is 2.41. The van der Waals surface area contributed by atoms with E-state index in [2.05, 4.69) is 24.9 Å². The van der Waals surface area contributed by atoms with Crippen LogP contribution in [0.25, 0.3) is 17.2 Å². The lowest BCUT2D eigenvalue weighted by atomic mass is 9.73. The molecule has 0 unspecified atom stereocenters. The minimum atomic E-state index is 0.209. The zero-order valence-electron chi connectivity index (χ0n) is 11.4. The molecule has 0 amide bonds. The first-order chi connectivity index (χ1) is 9.04. The van der Waals surface area contributed by atoms with Crippen molar-refractivity contribution in [3.05, 3.63) is 29.7 Å². The van der Waals surface area contributed by atoms with E-state index in [0.717, 1.165) is 11.9 Å². The van der Waals surface area contributed by atoms with E-state index in [1.165, 1.54) is 24.8 Å². The predicted molar refractivity (Wildman–Crippen MR) is 75.9 cm³/mol. The Morgan fingerprint density at radius 3 is 2.95 bits per heavy atom. The van der Waals surface area contributed by atoms with Crippen molar-refractivity contribution in [2.75, 3.05) is 0 Å². The number of aromatic nitrogens is 1. The molecule has 1 aromatic heterocycles. The SMILES string of the molecule is CC1(C)CCCCC1=Cc1nc2ccc(O)cc2o1. The standard InChI is InChI=1S/C16H19NO2/c1-16(2)8-4-3-5-11(16)9-15-17-13-7-6-12(18)10-14(13)19-15/h6-7,9-10,18H,3-5,8H2,1-2H3. The van der Waals surface area contributed by atoms with Gasteiger partial charge in [-0.05, 0) is 36.8 Å². The van der Waals surface area contributed by atoms with Gasteiger partial charge in [-0.1, -0.05) is 25.8 Å². The minimum absolute atomic E-state index is 0.209. The Balaban J connectivity index is 2.00. The van der Waals surface area contributed by atoms with Gasteiger partial charge in [-0.2, -0.15) is 0 Å². The number of allylic oxidation sites excluding steroid dienone is 1. The van der Waals surface area contributed by atoms with Crippen LogP contribution < -0.4 is 0 Å². The Kier molecular flexibility index (Phi) is 2.85. The van der Waals surface area contributed by atoms with Gasteiger partial charge in [0.05, 0.1) is 0 Å². The van der Waals surface area contributed by atoms with Crippen LogP contribution >= 0.6 is 0 Å². The quantitative estimate of drug-likeness (QED) is 0.817. The second kappa shape index (κ2) is 4.41. The summed E-state index contributed by atoms with van der Waals surface area (Å²) in [4.78, 5) is 4.46. The summed E-state index contributed by atoms with van der Waals surface area (Å²) in [5.74, 6) is 0.853. The molecule has 0 atom stereocenters. The average molecular weight is 257 g/mol. The van der Waals surface area contributed by atoms with Gasteiger partial charge in [-0.3, -0.25) is 0 Å². The molecule has 1 N–H and O–H groups in total. The van der Waals surface area contributed by atoms with E-state index in [9.17, 15) is 5.11 Å². The van der Waals surface area contributed by atoms with Gasteiger partial charge < -0.3 is 9.52 Å². The molecule has 1 aliphatic rings. The van der Waals surface area contributed by atoms with Gasteiger partial charge in [-0.15, -0.1) is 0 Å². The molecule has 1 aliphatic carbocycles. The number of rotatable bonds is 1. The zero-order valence-corrected chi connectivity index (χ0v) is 11.4. The average Bonchev–Trinajstić information content (AvgIpc) is 2.73. The second-order valence-corrected chi connectivity index (χ2v) is 5.96. The van der Waals surface area contributed by atoms with E-state index < -0.39 is 0 Å². The van der Waals surface area contributed by atoms with E-state index in [0.29, 0.717) is 11.5 Å². The maximum atomic E-state index is 9.44. The Labute approximate surface area is 113 Å². The number of hydrogen-bond donors (Lipinski definition) is 1. The van der Waals surface area contributed by atoms with Crippen molar-refractivity contribution in [1.29, 1.82) is 0 Å². The maximum Gasteiger partial charge on any atom is 0.219 e. The van der Waals surface area contributed by atoms with Crippen molar-refractivity contribution in [1.82, 2.24) is 4.98 Å². The van der Waals surface area contributed by atoms with Crippen LogP contribution in [-0.4, -0.2) is 10.1 Å². The summed E-state index contributed by atoms with van der Waals surface area (Å²) in [7, 11) is 0. The topological polar surface area (TPSA) is 46.3 Å². The molecule has 0 spiro atoms. The van der Waals surface area contributed by atoms with E-state index in [1.807, 2.05) is 0 Å². The third-order valence-electron chi connectivity index (χ3n) is 4.05. The number of aromatic hydroxyl groups is 1. The van der Waals surface area contributed by atoms with Gasteiger partial charge in [0.15, 0.2) is 5.58 Å². The molecule has 3 heteroatoms. The zero-order chi connectivity index (χ0) is 13.5. The number of phenolic OH excluding ortho intramolecular Hbond substituents is 1. The van der Waals surface area contributed by atoms with E-state index in [-0.39, 0.29) is 11.2 Å². The van der Waals surface area contributed by atoms with E-state index in [1.54, 1.807) is 18.2 Å². The molecule has 1 saturated carbocycles. The number of fused-ring (bicyclic) bond motifs is 1. The molecule has 3 rings (SSSR count).